The molecule has 0 spiro atoms. The highest BCUT2D eigenvalue weighted by Crippen LogP contribution is 2.18. The van der Waals surface area contributed by atoms with Gasteiger partial charge in [0.25, 0.3) is 0 Å². The molecule has 2 aliphatic heterocycles. The first-order chi connectivity index (χ1) is 11.6. The number of nitrogens with one attached hydrogen (secondary N) is 1. The standard InChI is InChI=1S/C20H30N2O2/c1-15(2)19(21-18-9-13-24-14-10-18)20(23)22-11-7-16-5-3-4-6-17(16)8-12-22/h3-6,15,18-19,21H,7-14H2,1-2H3/t19-/m0/s1. The average molecular weight is 330 g/mol. The maximum absolute atomic E-state index is 13.1. The molecule has 1 fully saturated rings. The Kier molecular flexibility index (Phi) is 5.90. The van der Waals surface area contributed by atoms with Crippen molar-refractivity contribution >= 4 is 5.91 Å². The van der Waals surface area contributed by atoms with Gasteiger partial charge in [-0.15, -0.1) is 0 Å². The van der Waals surface area contributed by atoms with Gasteiger partial charge in [-0.1, -0.05) is 38.1 Å². The molecule has 1 saturated heterocycles. The van der Waals surface area contributed by atoms with Crippen molar-refractivity contribution in [3.05, 3.63) is 35.4 Å². The van der Waals surface area contributed by atoms with Crippen molar-refractivity contribution < 1.29 is 9.53 Å². The lowest BCUT2D eigenvalue weighted by Gasteiger charge is -2.33. The Morgan fingerprint density at radius 3 is 2.25 bits per heavy atom. The maximum Gasteiger partial charge on any atom is 0.239 e. The highest BCUT2D eigenvalue weighted by molar-refractivity contribution is 5.82. The van der Waals surface area contributed by atoms with Crippen LogP contribution in [-0.2, 0) is 22.4 Å². The normalized spacial score (nSPS) is 20.5. The van der Waals surface area contributed by atoms with E-state index < -0.39 is 0 Å². The van der Waals surface area contributed by atoms with Crippen LogP contribution >= 0.6 is 0 Å². The summed E-state index contributed by atoms with van der Waals surface area (Å²) < 4.78 is 5.44. The zero-order valence-corrected chi connectivity index (χ0v) is 15.0. The van der Waals surface area contributed by atoms with Crippen LogP contribution in [-0.4, -0.2) is 49.2 Å². The zero-order valence-electron chi connectivity index (χ0n) is 15.0. The second-order valence-electron chi connectivity index (χ2n) is 7.37. The topological polar surface area (TPSA) is 41.6 Å². The molecule has 24 heavy (non-hydrogen) atoms. The van der Waals surface area contributed by atoms with Crippen molar-refractivity contribution in [2.24, 2.45) is 5.92 Å². The van der Waals surface area contributed by atoms with Gasteiger partial charge in [-0.25, -0.2) is 0 Å². The molecule has 3 rings (SSSR count). The molecule has 1 atom stereocenters. The predicted octanol–water partition coefficient (Wildman–Crippen LogP) is 2.41. The van der Waals surface area contributed by atoms with Crippen LogP contribution in [0.2, 0.25) is 0 Å². The monoisotopic (exact) mass is 330 g/mol. The third-order valence-corrected chi connectivity index (χ3v) is 5.30. The fourth-order valence-electron chi connectivity index (χ4n) is 3.75. The number of fused-ring (bicyclic) bond motifs is 1. The number of carbonyl (C=O) groups is 1. The largest absolute Gasteiger partial charge is 0.381 e. The minimum atomic E-state index is -0.0886. The van der Waals surface area contributed by atoms with Crippen LogP contribution in [0.4, 0.5) is 0 Å². The van der Waals surface area contributed by atoms with Crippen molar-refractivity contribution in [2.45, 2.75) is 51.6 Å². The third-order valence-electron chi connectivity index (χ3n) is 5.30. The van der Waals surface area contributed by atoms with E-state index in [1.807, 2.05) is 0 Å². The first-order valence-corrected chi connectivity index (χ1v) is 9.34. The summed E-state index contributed by atoms with van der Waals surface area (Å²) in [5.74, 6) is 0.565. The quantitative estimate of drug-likeness (QED) is 0.922. The van der Waals surface area contributed by atoms with Crippen LogP contribution in [0.15, 0.2) is 24.3 Å². The van der Waals surface area contributed by atoms with Crippen LogP contribution in [0.25, 0.3) is 0 Å². The summed E-state index contributed by atoms with van der Waals surface area (Å²) in [6.07, 6.45) is 3.93. The lowest BCUT2D eigenvalue weighted by Crippen LogP contribution is -2.54. The van der Waals surface area contributed by atoms with Gasteiger partial charge in [0, 0.05) is 32.3 Å². The van der Waals surface area contributed by atoms with Gasteiger partial charge in [-0.3, -0.25) is 4.79 Å². The molecule has 4 nitrogen and oxygen atoms in total. The van der Waals surface area contributed by atoms with Crippen LogP contribution in [0.5, 0.6) is 0 Å². The Balaban J connectivity index is 1.64. The first-order valence-electron chi connectivity index (χ1n) is 9.34. The molecule has 0 bridgehead atoms. The number of rotatable bonds is 4. The number of nitrogens with zero attached hydrogens (tertiary/aromatic N) is 1. The summed E-state index contributed by atoms with van der Waals surface area (Å²) in [5.41, 5.74) is 2.79. The summed E-state index contributed by atoms with van der Waals surface area (Å²) in [6.45, 7) is 7.54. The van der Waals surface area contributed by atoms with E-state index in [2.05, 4.69) is 48.3 Å². The van der Waals surface area contributed by atoms with E-state index in [-0.39, 0.29) is 11.9 Å². The van der Waals surface area contributed by atoms with Gasteiger partial charge in [-0.05, 0) is 42.7 Å². The molecule has 0 radical (unpaired) electrons. The summed E-state index contributed by atoms with van der Waals surface area (Å²) in [6, 6.07) is 8.90. The Labute approximate surface area is 145 Å². The van der Waals surface area contributed by atoms with E-state index in [1.54, 1.807) is 0 Å². The summed E-state index contributed by atoms with van der Waals surface area (Å²) in [4.78, 5) is 15.2. The Morgan fingerprint density at radius 2 is 1.71 bits per heavy atom. The molecule has 2 heterocycles. The van der Waals surface area contributed by atoms with Gasteiger partial charge in [-0.2, -0.15) is 0 Å². The molecule has 0 saturated carbocycles. The number of hydrogen-bond donors (Lipinski definition) is 1. The number of amides is 1. The van der Waals surface area contributed by atoms with Gasteiger partial charge in [0.15, 0.2) is 0 Å². The molecule has 1 N–H and O–H groups in total. The lowest BCUT2D eigenvalue weighted by molar-refractivity contribution is -0.135. The van der Waals surface area contributed by atoms with Crippen LogP contribution in [0.3, 0.4) is 0 Å². The van der Waals surface area contributed by atoms with E-state index in [0.29, 0.717) is 12.0 Å². The van der Waals surface area contributed by atoms with E-state index >= 15 is 0 Å². The Morgan fingerprint density at radius 1 is 1.12 bits per heavy atom. The Bertz CT molecular complexity index is 525. The minimum Gasteiger partial charge on any atom is -0.381 e. The second-order valence-corrected chi connectivity index (χ2v) is 7.37. The van der Waals surface area contributed by atoms with Crippen molar-refractivity contribution in [3.8, 4) is 0 Å². The molecular weight excluding hydrogens is 300 g/mol. The van der Waals surface area contributed by atoms with Gasteiger partial charge in [0.05, 0.1) is 6.04 Å². The number of hydrogen-bond acceptors (Lipinski definition) is 3. The van der Waals surface area contributed by atoms with Crippen LogP contribution < -0.4 is 5.32 Å². The van der Waals surface area contributed by atoms with E-state index in [4.69, 9.17) is 4.74 Å². The zero-order chi connectivity index (χ0) is 16.9. The highest BCUT2D eigenvalue weighted by Gasteiger charge is 2.30. The Hall–Kier alpha value is -1.39. The molecule has 0 aliphatic carbocycles. The minimum absolute atomic E-state index is 0.0886. The molecular formula is C20H30N2O2. The summed E-state index contributed by atoms with van der Waals surface area (Å²) in [7, 11) is 0. The molecule has 132 valence electrons. The number of benzene rings is 1. The second kappa shape index (κ2) is 8.13. The van der Waals surface area contributed by atoms with Gasteiger partial charge in [0.2, 0.25) is 5.91 Å². The molecule has 4 heteroatoms. The van der Waals surface area contributed by atoms with Crippen LogP contribution in [0, 0.1) is 5.92 Å². The van der Waals surface area contributed by atoms with E-state index in [1.165, 1.54) is 11.1 Å². The third kappa shape index (κ3) is 4.17. The predicted molar refractivity (Wildman–Crippen MR) is 96.0 cm³/mol. The average Bonchev–Trinajstić information content (AvgIpc) is 2.82. The van der Waals surface area contributed by atoms with Crippen molar-refractivity contribution in [3.63, 3.8) is 0 Å². The smallest absolute Gasteiger partial charge is 0.239 e. The summed E-state index contributed by atoms with van der Waals surface area (Å²) >= 11 is 0. The van der Waals surface area contributed by atoms with E-state index in [0.717, 1.165) is 52.0 Å². The molecule has 1 amide bonds. The lowest BCUT2D eigenvalue weighted by atomic mass is 9.99. The van der Waals surface area contributed by atoms with E-state index in [9.17, 15) is 4.79 Å². The fourth-order valence-corrected chi connectivity index (χ4v) is 3.75. The van der Waals surface area contributed by atoms with Gasteiger partial charge in [0.1, 0.15) is 0 Å². The molecule has 2 aliphatic rings. The highest BCUT2D eigenvalue weighted by atomic mass is 16.5. The van der Waals surface area contributed by atoms with Crippen molar-refractivity contribution in [2.75, 3.05) is 26.3 Å². The maximum atomic E-state index is 13.1. The first kappa shape index (κ1) is 17.4. The molecule has 0 aromatic heterocycles. The van der Waals surface area contributed by atoms with Gasteiger partial charge >= 0.3 is 0 Å². The molecule has 1 aromatic carbocycles. The van der Waals surface area contributed by atoms with Gasteiger partial charge < -0.3 is 15.0 Å². The van der Waals surface area contributed by atoms with Crippen molar-refractivity contribution in [1.82, 2.24) is 10.2 Å². The fraction of sp³-hybridized carbons (Fsp3) is 0.650. The van der Waals surface area contributed by atoms with Crippen LogP contribution in [0.1, 0.15) is 37.8 Å². The summed E-state index contributed by atoms with van der Waals surface area (Å²) in [5, 5.41) is 3.62. The molecule has 0 unspecified atom stereocenters. The number of carbonyl (C=O) groups excluding carboxylic acids is 1. The molecule has 1 aromatic rings. The number of ether oxygens (including phenoxy) is 1. The van der Waals surface area contributed by atoms with Crippen molar-refractivity contribution in [1.29, 1.82) is 0 Å². The SMILES string of the molecule is CC(C)[C@H](NC1CCOCC1)C(=O)N1CCc2ccccc2CC1.